The van der Waals surface area contributed by atoms with Crippen LogP contribution in [0.4, 0.5) is 27.8 Å². The van der Waals surface area contributed by atoms with Gasteiger partial charge in [0.2, 0.25) is 0 Å². The summed E-state index contributed by atoms with van der Waals surface area (Å²) in [5.41, 5.74) is 2.80. The minimum Gasteiger partial charge on any atom is -0.349 e. The number of para-hydroxylation sites is 2. The van der Waals surface area contributed by atoms with E-state index in [9.17, 15) is 14.4 Å². The first-order valence-electron chi connectivity index (χ1n) is 12.3. The number of carbonyl (C=O) groups is 3. The Bertz CT molecular complexity index is 1730. The summed E-state index contributed by atoms with van der Waals surface area (Å²) in [5, 5.41) is 12.6. The summed E-state index contributed by atoms with van der Waals surface area (Å²) < 4.78 is 0. The summed E-state index contributed by atoms with van der Waals surface area (Å²) in [7, 11) is 0. The molecule has 6 aromatic rings. The van der Waals surface area contributed by atoms with Crippen LogP contribution < -0.4 is 21.3 Å². The molecule has 0 aliphatic carbocycles. The third-order valence-electron chi connectivity index (χ3n) is 6.11. The number of nitrogens with zero attached hydrogens (tertiary/aromatic N) is 2. The van der Waals surface area contributed by atoms with Crippen LogP contribution in [0, 0.1) is 0 Å². The Hall–Kier alpha value is -5.97. The van der Waals surface area contributed by atoms with Crippen molar-refractivity contribution in [2.45, 2.75) is 0 Å². The Morgan fingerprint density at radius 2 is 1.02 bits per heavy atom. The monoisotopic (exact) mass is 530 g/mol. The number of carbonyl (C=O) groups excluding carboxylic acids is 3. The van der Waals surface area contributed by atoms with Gasteiger partial charge in [-0.1, -0.05) is 36.4 Å². The van der Waals surface area contributed by atoms with Crippen LogP contribution in [0.25, 0.3) is 21.8 Å². The molecule has 0 radical (unpaired) electrons. The topological polar surface area (TPSA) is 157 Å². The molecular weight excluding hydrogens is 508 g/mol. The molecule has 0 unspecified atom stereocenters. The molecule has 40 heavy (non-hydrogen) atoms. The van der Waals surface area contributed by atoms with Crippen LogP contribution in [0.15, 0.2) is 97.3 Å². The van der Waals surface area contributed by atoms with E-state index in [4.69, 9.17) is 0 Å². The average molecular weight is 531 g/mol. The third kappa shape index (κ3) is 5.07. The Kier molecular flexibility index (Phi) is 6.35. The number of hydrogen-bond donors (Lipinski definition) is 6. The summed E-state index contributed by atoms with van der Waals surface area (Å²) in [6, 6.07) is 24.1. The lowest BCUT2D eigenvalue weighted by molar-refractivity contribution is 0.101. The number of H-pyrrole nitrogens is 2. The van der Waals surface area contributed by atoms with E-state index in [2.05, 4.69) is 41.2 Å². The summed E-state index contributed by atoms with van der Waals surface area (Å²) in [4.78, 5) is 52.8. The molecule has 4 heterocycles. The van der Waals surface area contributed by atoms with Crippen LogP contribution >= 0.6 is 0 Å². The maximum absolute atomic E-state index is 13.0. The highest BCUT2D eigenvalue weighted by Gasteiger charge is 2.16. The lowest BCUT2D eigenvalue weighted by Gasteiger charge is -2.09. The smallest absolute Gasteiger partial charge is 0.323 e. The number of hydrogen-bond acceptors (Lipinski definition) is 5. The summed E-state index contributed by atoms with van der Waals surface area (Å²) in [6.07, 6.45) is 3.18. The highest BCUT2D eigenvalue weighted by molar-refractivity contribution is 6.12. The molecule has 0 saturated carbocycles. The predicted octanol–water partition coefficient (Wildman–Crippen LogP) is 5.59. The van der Waals surface area contributed by atoms with E-state index in [1.807, 2.05) is 12.1 Å². The molecule has 2 aromatic carbocycles. The van der Waals surface area contributed by atoms with Gasteiger partial charge in [-0.2, -0.15) is 0 Å². The molecule has 6 rings (SSSR count). The number of rotatable bonds is 6. The molecule has 0 aliphatic rings. The molecular formula is C29H22N8O3. The van der Waals surface area contributed by atoms with Crippen LogP contribution in [-0.4, -0.2) is 37.8 Å². The molecule has 4 amide bonds. The van der Waals surface area contributed by atoms with Gasteiger partial charge in [0, 0.05) is 23.2 Å². The van der Waals surface area contributed by atoms with E-state index in [-0.39, 0.29) is 11.8 Å². The maximum atomic E-state index is 13.0. The molecule has 6 N–H and O–H groups in total. The van der Waals surface area contributed by atoms with Gasteiger partial charge < -0.3 is 31.2 Å². The molecule has 0 spiro atoms. The fraction of sp³-hybridized carbons (Fsp3) is 0. The van der Waals surface area contributed by atoms with Crippen LogP contribution in [0.5, 0.6) is 0 Å². The molecule has 0 bridgehead atoms. The van der Waals surface area contributed by atoms with E-state index >= 15 is 0 Å². The van der Waals surface area contributed by atoms with Crippen molar-refractivity contribution >= 4 is 62.7 Å². The Labute approximate surface area is 227 Å². The molecule has 11 heteroatoms. The van der Waals surface area contributed by atoms with Gasteiger partial charge in [0.25, 0.3) is 11.8 Å². The number of fused-ring (bicyclic) bond motifs is 2. The largest absolute Gasteiger partial charge is 0.349 e. The second-order valence-corrected chi connectivity index (χ2v) is 8.82. The van der Waals surface area contributed by atoms with Crippen molar-refractivity contribution < 1.29 is 14.4 Å². The Balaban J connectivity index is 1.19. The van der Waals surface area contributed by atoms with Crippen molar-refractivity contribution in [1.82, 2.24) is 19.9 Å². The lowest BCUT2D eigenvalue weighted by Crippen LogP contribution is -2.20. The van der Waals surface area contributed by atoms with E-state index in [1.165, 1.54) is 0 Å². The van der Waals surface area contributed by atoms with Gasteiger partial charge in [0.05, 0.1) is 22.4 Å². The Morgan fingerprint density at radius 3 is 1.45 bits per heavy atom. The quantitative estimate of drug-likeness (QED) is 0.166. The van der Waals surface area contributed by atoms with Gasteiger partial charge in [-0.3, -0.25) is 9.59 Å². The number of aromatic nitrogens is 4. The molecule has 0 aliphatic heterocycles. The van der Waals surface area contributed by atoms with E-state index < -0.39 is 6.03 Å². The van der Waals surface area contributed by atoms with Gasteiger partial charge in [-0.15, -0.1) is 0 Å². The second-order valence-electron chi connectivity index (χ2n) is 8.82. The van der Waals surface area contributed by atoms with Crippen LogP contribution in [0.2, 0.25) is 0 Å². The van der Waals surface area contributed by atoms with Crippen LogP contribution in [0.1, 0.15) is 21.0 Å². The van der Waals surface area contributed by atoms with Crippen molar-refractivity contribution in [3.05, 3.63) is 109 Å². The molecule has 11 nitrogen and oxygen atoms in total. The first kappa shape index (κ1) is 24.4. The molecule has 0 saturated heterocycles. The summed E-state index contributed by atoms with van der Waals surface area (Å²) in [5.74, 6) is 0.151. The second kappa shape index (κ2) is 10.4. The normalized spacial score (nSPS) is 10.8. The molecule has 196 valence electrons. The van der Waals surface area contributed by atoms with Gasteiger partial charge in [0.1, 0.15) is 23.0 Å². The number of nitrogens with one attached hydrogen (secondary N) is 6. The maximum Gasteiger partial charge on any atom is 0.323 e. The summed E-state index contributed by atoms with van der Waals surface area (Å²) >= 11 is 0. The fourth-order valence-electron chi connectivity index (χ4n) is 4.28. The van der Waals surface area contributed by atoms with E-state index in [0.717, 1.165) is 10.8 Å². The van der Waals surface area contributed by atoms with Crippen LogP contribution in [-0.2, 0) is 0 Å². The van der Waals surface area contributed by atoms with Gasteiger partial charge >= 0.3 is 6.03 Å². The average Bonchev–Trinajstić information content (AvgIpc) is 3.61. The highest BCUT2D eigenvalue weighted by atomic mass is 16.2. The zero-order chi connectivity index (χ0) is 27.5. The first-order chi connectivity index (χ1) is 19.5. The van der Waals surface area contributed by atoms with Crippen molar-refractivity contribution in [2.24, 2.45) is 0 Å². The van der Waals surface area contributed by atoms with E-state index in [1.54, 1.807) is 85.2 Å². The number of amides is 4. The number of urea groups is 1. The zero-order valence-corrected chi connectivity index (χ0v) is 20.9. The van der Waals surface area contributed by atoms with E-state index in [0.29, 0.717) is 45.4 Å². The molecule has 4 aromatic heterocycles. The van der Waals surface area contributed by atoms with Gasteiger partial charge in [0.15, 0.2) is 0 Å². The fourth-order valence-corrected chi connectivity index (χ4v) is 4.28. The van der Waals surface area contributed by atoms with Gasteiger partial charge in [-0.05, 0) is 48.5 Å². The lowest BCUT2D eigenvalue weighted by atomic mass is 10.2. The minimum absolute atomic E-state index is 0.322. The minimum atomic E-state index is -0.497. The van der Waals surface area contributed by atoms with Crippen molar-refractivity contribution in [3.8, 4) is 0 Å². The number of pyridine rings is 2. The number of benzene rings is 2. The van der Waals surface area contributed by atoms with Crippen molar-refractivity contribution in [2.75, 3.05) is 21.3 Å². The Morgan fingerprint density at radius 1 is 0.550 bits per heavy atom. The van der Waals surface area contributed by atoms with Crippen molar-refractivity contribution in [1.29, 1.82) is 0 Å². The SMILES string of the molecule is O=C(Nc1cccc2cc(C(=O)Nc3ccccn3)[nH]c12)Nc1cccc2cc(C(=O)Nc3ccccn3)[nH]c12. The van der Waals surface area contributed by atoms with Crippen molar-refractivity contribution in [3.63, 3.8) is 0 Å². The standard InChI is InChI=1S/C29H22N8O3/c38-27(36-23-11-1-3-13-30-23)21-15-17-7-5-9-19(25(17)32-21)34-29(40)35-20-10-6-8-18-16-22(33-26(18)20)28(39)37-24-12-2-4-14-31-24/h1-16,32-33H,(H,30,36,38)(H,31,37,39)(H2,34,35,40). The van der Waals surface area contributed by atoms with Crippen LogP contribution in [0.3, 0.4) is 0 Å². The predicted molar refractivity (Wildman–Crippen MR) is 154 cm³/mol. The first-order valence-corrected chi connectivity index (χ1v) is 12.3. The zero-order valence-electron chi connectivity index (χ0n) is 20.9. The number of aromatic amines is 2. The third-order valence-corrected chi connectivity index (χ3v) is 6.11. The summed E-state index contributed by atoms with van der Waals surface area (Å²) in [6.45, 7) is 0. The van der Waals surface area contributed by atoms with Gasteiger partial charge in [-0.25, -0.2) is 14.8 Å². The molecule has 0 fully saturated rings. The highest BCUT2D eigenvalue weighted by Crippen LogP contribution is 2.27. The number of anilines is 4. The molecule has 0 atom stereocenters.